The second kappa shape index (κ2) is 6.43. The van der Waals surface area contributed by atoms with Gasteiger partial charge in [0, 0.05) is 6.20 Å². The van der Waals surface area contributed by atoms with Crippen molar-refractivity contribution < 1.29 is 19.0 Å². The van der Waals surface area contributed by atoms with Gasteiger partial charge in [0.1, 0.15) is 17.0 Å². The summed E-state index contributed by atoms with van der Waals surface area (Å²) in [7, 11) is 1.64. The molecule has 0 aromatic carbocycles. The van der Waals surface area contributed by atoms with Crippen LogP contribution in [0.25, 0.3) is 5.57 Å². The predicted octanol–water partition coefficient (Wildman–Crippen LogP) is 2.88. The summed E-state index contributed by atoms with van der Waals surface area (Å²) in [5.41, 5.74) is 1.41. The van der Waals surface area contributed by atoms with E-state index in [1.807, 2.05) is 39.0 Å². The van der Waals surface area contributed by atoms with Gasteiger partial charge in [0.15, 0.2) is 0 Å². The van der Waals surface area contributed by atoms with Gasteiger partial charge in [0.2, 0.25) is 0 Å². The second-order valence-corrected chi connectivity index (χ2v) is 7.10. The molecule has 1 amide bonds. The number of hydrogen-bond donors (Lipinski definition) is 0. The van der Waals surface area contributed by atoms with E-state index in [1.165, 1.54) is 0 Å². The molecule has 3 heterocycles. The first-order chi connectivity index (χ1) is 11.4. The largest absolute Gasteiger partial charge is 0.494 e. The lowest BCUT2D eigenvalue weighted by Gasteiger charge is -2.44. The second-order valence-electron chi connectivity index (χ2n) is 7.10. The highest BCUT2D eigenvalue weighted by atomic mass is 16.6. The van der Waals surface area contributed by atoms with Crippen molar-refractivity contribution in [3.63, 3.8) is 0 Å². The van der Waals surface area contributed by atoms with Gasteiger partial charge >= 0.3 is 6.09 Å². The topological polar surface area (TPSA) is 60.9 Å². The van der Waals surface area contributed by atoms with E-state index in [9.17, 15) is 4.79 Å². The van der Waals surface area contributed by atoms with Crippen LogP contribution in [0.1, 0.15) is 32.9 Å². The van der Waals surface area contributed by atoms with Crippen LogP contribution < -0.4 is 4.74 Å². The Bertz CT molecular complexity index is 651. The smallest absolute Gasteiger partial charge is 0.411 e. The van der Waals surface area contributed by atoms with E-state index in [1.54, 1.807) is 18.2 Å². The number of nitrogens with zero attached hydrogens (tertiary/aromatic N) is 2. The third kappa shape index (κ3) is 3.38. The molecule has 0 N–H and O–H groups in total. The zero-order chi connectivity index (χ0) is 17.3. The zero-order valence-corrected chi connectivity index (χ0v) is 14.6. The summed E-state index contributed by atoms with van der Waals surface area (Å²) in [4.78, 5) is 18.8. The Balaban J connectivity index is 1.89. The third-order valence-electron chi connectivity index (χ3n) is 4.10. The molecule has 2 aliphatic heterocycles. The fourth-order valence-corrected chi connectivity index (χ4v) is 3.17. The summed E-state index contributed by atoms with van der Waals surface area (Å²) in [6, 6.07) is 3.55. The minimum absolute atomic E-state index is 0.0506. The van der Waals surface area contributed by atoms with Crippen LogP contribution in [0.2, 0.25) is 0 Å². The van der Waals surface area contributed by atoms with E-state index < -0.39 is 5.60 Å². The summed E-state index contributed by atoms with van der Waals surface area (Å²) in [5.74, 6) is 0.744. The molecule has 1 saturated heterocycles. The fourth-order valence-electron chi connectivity index (χ4n) is 3.17. The van der Waals surface area contributed by atoms with Gasteiger partial charge in [-0.1, -0.05) is 6.08 Å². The van der Waals surface area contributed by atoms with Crippen LogP contribution in [0.15, 0.2) is 24.4 Å². The maximum Gasteiger partial charge on any atom is 0.411 e. The minimum atomic E-state index is -0.513. The van der Waals surface area contributed by atoms with Gasteiger partial charge in [-0.15, -0.1) is 0 Å². The zero-order valence-electron chi connectivity index (χ0n) is 14.6. The molecule has 0 spiro atoms. The van der Waals surface area contributed by atoms with Gasteiger partial charge in [-0.2, -0.15) is 0 Å². The molecule has 1 aromatic rings. The molecule has 2 bridgehead atoms. The van der Waals surface area contributed by atoms with E-state index in [2.05, 4.69) is 4.98 Å². The summed E-state index contributed by atoms with van der Waals surface area (Å²) in [6.07, 6.45) is 4.18. The van der Waals surface area contributed by atoms with Crippen molar-refractivity contribution >= 4 is 11.7 Å². The lowest BCUT2D eigenvalue weighted by atomic mass is 9.92. The van der Waals surface area contributed by atoms with Crippen molar-refractivity contribution in [3.8, 4) is 5.75 Å². The fraction of sp³-hybridized carbons (Fsp3) is 0.556. The average molecular weight is 332 g/mol. The summed E-state index contributed by atoms with van der Waals surface area (Å²) in [5, 5.41) is 0. The standard InChI is InChI=1S/C18H24N2O4/c1-18(2,3)24-17(21)20-13-8-12(9-14(20)11-23-10-13)16-15(22-4)6-5-7-19-16/h5-8,13-14H,9-11H2,1-4H3. The van der Waals surface area contributed by atoms with E-state index in [0.717, 1.165) is 17.0 Å². The van der Waals surface area contributed by atoms with Crippen molar-refractivity contribution in [3.05, 3.63) is 30.1 Å². The molecule has 130 valence electrons. The highest BCUT2D eigenvalue weighted by Gasteiger charge is 2.40. The molecule has 0 aliphatic carbocycles. The maximum atomic E-state index is 12.6. The quantitative estimate of drug-likeness (QED) is 0.833. The van der Waals surface area contributed by atoms with E-state index in [-0.39, 0.29) is 18.2 Å². The number of amides is 1. The highest BCUT2D eigenvalue weighted by Crippen LogP contribution is 2.35. The predicted molar refractivity (Wildman–Crippen MR) is 89.9 cm³/mol. The molecule has 2 atom stereocenters. The Labute approximate surface area is 142 Å². The number of ether oxygens (including phenoxy) is 3. The highest BCUT2D eigenvalue weighted by molar-refractivity contribution is 5.75. The van der Waals surface area contributed by atoms with Gasteiger partial charge < -0.3 is 14.2 Å². The van der Waals surface area contributed by atoms with Gasteiger partial charge in [0.05, 0.1) is 32.4 Å². The van der Waals surface area contributed by atoms with Crippen LogP contribution in [0, 0.1) is 0 Å². The number of fused-ring (bicyclic) bond motifs is 2. The van der Waals surface area contributed by atoms with E-state index in [4.69, 9.17) is 14.2 Å². The number of carbonyl (C=O) groups is 1. The van der Waals surface area contributed by atoms with Crippen LogP contribution in [-0.2, 0) is 9.47 Å². The van der Waals surface area contributed by atoms with Gasteiger partial charge in [0.25, 0.3) is 0 Å². The number of aromatic nitrogens is 1. The molecule has 0 saturated carbocycles. The first-order valence-electron chi connectivity index (χ1n) is 8.18. The Morgan fingerprint density at radius 2 is 2.17 bits per heavy atom. The summed E-state index contributed by atoms with van der Waals surface area (Å²) in [6.45, 7) is 6.60. The molecular formula is C18H24N2O4. The Morgan fingerprint density at radius 1 is 1.38 bits per heavy atom. The monoisotopic (exact) mass is 332 g/mol. The normalized spacial score (nSPS) is 23.5. The molecule has 1 fully saturated rings. The molecule has 3 rings (SSSR count). The van der Waals surface area contributed by atoms with Crippen molar-refractivity contribution in [1.29, 1.82) is 0 Å². The van der Waals surface area contributed by atoms with Crippen molar-refractivity contribution in [2.45, 2.75) is 44.9 Å². The van der Waals surface area contributed by atoms with Gasteiger partial charge in [-0.05, 0) is 44.9 Å². The maximum absolute atomic E-state index is 12.6. The third-order valence-corrected chi connectivity index (χ3v) is 4.10. The number of morpholine rings is 1. The number of rotatable bonds is 2. The SMILES string of the molecule is COc1cccnc1C1=CC2COCC(C1)N2C(=O)OC(C)(C)C. The molecule has 2 unspecified atom stereocenters. The van der Waals surface area contributed by atoms with Crippen LogP contribution in [0.4, 0.5) is 4.79 Å². The Morgan fingerprint density at radius 3 is 2.83 bits per heavy atom. The van der Waals surface area contributed by atoms with Crippen LogP contribution in [0.5, 0.6) is 5.75 Å². The Hall–Kier alpha value is -2.08. The van der Waals surface area contributed by atoms with Crippen LogP contribution >= 0.6 is 0 Å². The molecule has 24 heavy (non-hydrogen) atoms. The Kier molecular flexibility index (Phi) is 4.49. The van der Waals surface area contributed by atoms with Crippen molar-refractivity contribution in [1.82, 2.24) is 9.88 Å². The van der Waals surface area contributed by atoms with Gasteiger partial charge in [-0.25, -0.2) is 4.79 Å². The lowest BCUT2D eigenvalue weighted by Crippen LogP contribution is -2.57. The minimum Gasteiger partial charge on any atom is -0.494 e. The molecule has 2 aliphatic rings. The first kappa shape index (κ1) is 16.8. The summed E-state index contributed by atoms with van der Waals surface area (Å²) >= 11 is 0. The van der Waals surface area contributed by atoms with Crippen LogP contribution in [0.3, 0.4) is 0 Å². The molecule has 0 radical (unpaired) electrons. The van der Waals surface area contributed by atoms with Crippen LogP contribution in [-0.4, -0.2) is 54.0 Å². The lowest BCUT2D eigenvalue weighted by molar-refractivity contribution is -0.0511. The van der Waals surface area contributed by atoms with Crippen molar-refractivity contribution in [2.24, 2.45) is 0 Å². The number of hydrogen-bond acceptors (Lipinski definition) is 5. The van der Waals surface area contributed by atoms with Gasteiger partial charge in [-0.3, -0.25) is 9.88 Å². The van der Waals surface area contributed by atoms with E-state index >= 15 is 0 Å². The van der Waals surface area contributed by atoms with E-state index in [0.29, 0.717) is 19.6 Å². The molecule has 6 heteroatoms. The van der Waals surface area contributed by atoms with Crippen molar-refractivity contribution in [2.75, 3.05) is 20.3 Å². The molecule has 6 nitrogen and oxygen atoms in total. The number of carbonyl (C=O) groups excluding carboxylic acids is 1. The summed E-state index contributed by atoms with van der Waals surface area (Å²) < 4.78 is 16.6. The molecular weight excluding hydrogens is 308 g/mol. The average Bonchev–Trinajstić information content (AvgIpc) is 2.52. The first-order valence-corrected chi connectivity index (χ1v) is 8.18. The number of pyridine rings is 1. The molecule has 1 aromatic heterocycles. The number of methoxy groups -OCH3 is 1.